The number of furan rings is 1. The van der Waals surface area contributed by atoms with Gasteiger partial charge in [-0.1, -0.05) is 24.7 Å². The van der Waals surface area contributed by atoms with Crippen LogP contribution in [0.2, 0.25) is 0 Å². The normalized spacial score (nSPS) is 18.8. The van der Waals surface area contributed by atoms with Crippen molar-refractivity contribution in [2.24, 2.45) is 5.92 Å². The van der Waals surface area contributed by atoms with Crippen LogP contribution in [-0.4, -0.2) is 66.2 Å². The molecule has 2 aromatic heterocycles. The Bertz CT molecular complexity index is 918. The van der Waals surface area contributed by atoms with Crippen LogP contribution in [0.1, 0.15) is 57.6 Å². The van der Waals surface area contributed by atoms with Crippen LogP contribution in [0.25, 0.3) is 0 Å². The van der Waals surface area contributed by atoms with E-state index in [1.165, 1.54) is 11.3 Å². The number of nitrogens with zero attached hydrogens (tertiary/aromatic N) is 5. The van der Waals surface area contributed by atoms with E-state index in [1.54, 1.807) is 11.2 Å². The van der Waals surface area contributed by atoms with E-state index < -0.39 is 0 Å². The van der Waals surface area contributed by atoms with Crippen molar-refractivity contribution >= 4 is 33.4 Å². The number of rotatable bonds is 12. The molecule has 2 aromatic rings. The number of unbranched alkanes of at least 4 members (excludes halogenated alkanes) is 1. The topological polar surface area (TPSA) is 94.8 Å². The number of piperidine rings is 1. The van der Waals surface area contributed by atoms with Gasteiger partial charge >= 0.3 is 0 Å². The Balaban J connectivity index is 1.21. The fourth-order valence-corrected chi connectivity index (χ4v) is 5.52. The first-order valence-corrected chi connectivity index (χ1v) is 13.4. The molecule has 1 N–H and O–H groups in total. The van der Waals surface area contributed by atoms with E-state index in [-0.39, 0.29) is 17.7 Å². The molecule has 2 aliphatic rings. The molecule has 2 aliphatic heterocycles. The van der Waals surface area contributed by atoms with Gasteiger partial charge in [-0.15, -0.1) is 10.2 Å². The van der Waals surface area contributed by atoms with Crippen molar-refractivity contribution in [3.8, 4) is 0 Å². The zero-order valence-corrected chi connectivity index (χ0v) is 20.9. The largest absolute Gasteiger partial charge is 0.468 e. The molecule has 186 valence electrons. The number of nitrogens with one attached hydrogen (secondary N) is 1. The maximum atomic E-state index is 12.9. The lowest BCUT2D eigenvalue weighted by atomic mass is 9.97. The summed E-state index contributed by atoms with van der Waals surface area (Å²) in [6.45, 7) is 7.89. The SMILES string of the molecule is CCCCN(CCCNC(=O)[C@@H]1CCCN(c2nnc(N3CCCC3=O)s2)C1)Cc1ccco1. The van der Waals surface area contributed by atoms with Crippen molar-refractivity contribution < 1.29 is 14.0 Å². The van der Waals surface area contributed by atoms with Crippen LogP contribution >= 0.6 is 11.3 Å². The number of anilines is 2. The minimum absolute atomic E-state index is 0.0474. The molecule has 34 heavy (non-hydrogen) atoms. The lowest BCUT2D eigenvalue weighted by molar-refractivity contribution is -0.125. The zero-order chi connectivity index (χ0) is 23.8. The van der Waals surface area contributed by atoms with E-state index in [0.717, 1.165) is 82.1 Å². The molecule has 0 radical (unpaired) electrons. The molecule has 0 bridgehead atoms. The van der Waals surface area contributed by atoms with E-state index in [9.17, 15) is 9.59 Å². The van der Waals surface area contributed by atoms with Gasteiger partial charge < -0.3 is 14.6 Å². The molecule has 1 atom stereocenters. The fraction of sp³-hybridized carbons (Fsp3) is 0.667. The minimum Gasteiger partial charge on any atom is -0.468 e. The molecule has 0 spiro atoms. The second-order valence-electron chi connectivity index (χ2n) is 9.15. The molecular weight excluding hydrogens is 452 g/mol. The highest BCUT2D eigenvalue weighted by molar-refractivity contribution is 7.19. The number of amides is 2. The summed E-state index contributed by atoms with van der Waals surface area (Å²) < 4.78 is 5.51. The van der Waals surface area contributed by atoms with Gasteiger partial charge in [-0.25, -0.2) is 0 Å². The Labute approximate surface area is 205 Å². The molecule has 4 heterocycles. The van der Waals surface area contributed by atoms with Gasteiger partial charge in [-0.3, -0.25) is 19.4 Å². The van der Waals surface area contributed by atoms with E-state index >= 15 is 0 Å². The average Bonchev–Trinajstić information content (AvgIpc) is 3.62. The third kappa shape index (κ3) is 6.56. The van der Waals surface area contributed by atoms with Gasteiger partial charge in [0.1, 0.15) is 5.76 Å². The Hall–Kier alpha value is -2.46. The predicted molar refractivity (Wildman–Crippen MR) is 133 cm³/mol. The zero-order valence-electron chi connectivity index (χ0n) is 20.1. The summed E-state index contributed by atoms with van der Waals surface area (Å²) in [5.74, 6) is 1.18. The summed E-state index contributed by atoms with van der Waals surface area (Å²) in [5, 5.41) is 13.2. The van der Waals surface area contributed by atoms with Crippen molar-refractivity contribution in [1.29, 1.82) is 0 Å². The number of aromatic nitrogens is 2. The Morgan fingerprint density at radius 1 is 1.24 bits per heavy atom. The van der Waals surface area contributed by atoms with Gasteiger partial charge in [0, 0.05) is 39.1 Å². The lowest BCUT2D eigenvalue weighted by Gasteiger charge is -2.31. The molecule has 4 rings (SSSR count). The molecular formula is C24H36N6O3S. The lowest BCUT2D eigenvalue weighted by Crippen LogP contribution is -2.43. The maximum Gasteiger partial charge on any atom is 0.228 e. The number of carbonyl (C=O) groups excluding carboxylic acids is 2. The van der Waals surface area contributed by atoms with Crippen LogP contribution in [0.3, 0.4) is 0 Å². The maximum absolute atomic E-state index is 12.9. The predicted octanol–water partition coefficient (Wildman–Crippen LogP) is 3.28. The van der Waals surface area contributed by atoms with Gasteiger partial charge in [0.15, 0.2) is 0 Å². The summed E-state index contributed by atoms with van der Waals surface area (Å²) >= 11 is 1.45. The van der Waals surface area contributed by atoms with Crippen LogP contribution in [-0.2, 0) is 16.1 Å². The van der Waals surface area contributed by atoms with Gasteiger partial charge in [0.2, 0.25) is 22.1 Å². The first-order valence-electron chi connectivity index (χ1n) is 12.6. The molecule has 9 nitrogen and oxygen atoms in total. The smallest absolute Gasteiger partial charge is 0.228 e. The van der Waals surface area contributed by atoms with Crippen molar-refractivity contribution in [3.63, 3.8) is 0 Å². The van der Waals surface area contributed by atoms with Crippen molar-refractivity contribution in [2.45, 2.75) is 58.4 Å². The van der Waals surface area contributed by atoms with E-state index in [0.29, 0.717) is 24.6 Å². The van der Waals surface area contributed by atoms with Gasteiger partial charge in [-0.2, -0.15) is 0 Å². The standard InChI is InChI=1S/C24H36N6O3S/c1-2-3-12-28(18-20-9-6-16-33-20)13-7-11-25-22(32)19-8-4-14-29(17-19)23-26-27-24(34-23)30-15-5-10-21(30)31/h6,9,16,19H,2-5,7-8,10-15,17-18H2,1H3,(H,25,32)/t19-/m1/s1. The van der Waals surface area contributed by atoms with Crippen LogP contribution in [0.4, 0.5) is 10.3 Å². The van der Waals surface area contributed by atoms with Crippen molar-refractivity contribution in [2.75, 3.05) is 49.1 Å². The highest BCUT2D eigenvalue weighted by Gasteiger charge is 2.30. The van der Waals surface area contributed by atoms with Crippen molar-refractivity contribution in [3.05, 3.63) is 24.2 Å². The first kappa shape index (κ1) is 24.7. The Morgan fingerprint density at radius 2 is 2.09 bits per heavy atom. The first-order chi connectivity index (χ1) is 16.6. The van der Waals surface area contributed by atoms with Crippen LogP contribution < -0.4 is 15.1 Å². The summed E-state index contributed by atoms with van der Waals surface area (Å²) in [6, 6.07) is 3.94. The van der Waals surface area contributed by atoms with E-state index in [2.05, 4.69) is 32.2 Å². The van der Waals surface area contributed by atoms with Crippen LogP contribution in [0.15, 0.2) is 22.8 Å². The molecule has 0 unspecified atom stereocenters. The fourth-order valence-electron chi connectivity index (χ4n) is 4.59. The monoisotopic (exact) mass is 488 g/mol. The second kappa shape index (κ2) is 12.3. The molecule has 2 saturated heterocycles. The molecule has 0 aliphatic carbocycles. The minimum atomic E-state index is -0.0474. The summed E-state index contributed by atoms with van der Waals surface area (Å²) in [6.07, 6.45) is 8.24. The molecule has 10 heteroatoms. The number of hydrogen-bond donors (Lipinski definition) is 1. The van der Waals surface area contributed by atoms with Crippen LogP contribution in [0, 0.1) is 5.92 Å². The molecule has 2 fully saturated rings. The highest BCUT2D eigenvalue weighted by atomic mass is 32.1. The van der Waals surface area contributed by atoms with Gasteiger partial charge in [0.25, 0.3) is 0 Å². The average molecular weight is 489 g/mol. The molecule has 0 aromatic carbocycles. The molecule has 0 saturated carbocycles. The van der Waals surface area contributed by atoms with Gasteiger partial charge in [-0.05, 0) is 50.8 Å². The Morgan fingerprint density at radius 3 is 2.85 bits per heavy atom. The third-order valence-corrected chi connectivity index (χ3v) is 7.52. The number of hydrogen-bond acceptors (Lipinski definition) is 8. The molecule has 2 amide bonds. The van der Waals surface area contributed by atoms with E-state index in [4.69, 9.17) is 4.42 Å². The number of carbonyl (C=O) groups is 2. The van der Waals surface area contributed by atoms with E-state index in [1.807, 2.05) is 12.1 Å². The van der Waals surface area contributed by atoms with Crippen LogP contribution in [0.5, 0.6) is 0 Å². The summed E-state index contributed by atoms with van der Waals surface area (Å²) in [4.78, 5) is 31.1. The van der Waals surface area contributed by atoms with Gasteiger partial charge in [0.05, 0.1) is 18.7 Å². The second-order valence-corrected chi connectivity index (χ2v) is 10.1. The quantitative estimate of drug-likeness (QED) is 0.458. The van der Waals surface area contributed by atoms with Crippen molar-refractivity contribution in [1.82, 2.24) is 20.4 Å². The third-order valence-electron chi connectivity index (χ3n) is 6.51. The Kier molecular flexibility index (Phi) is 8.92. The highest BCUT2D eigenvalue weighted by Crippen LogP contribution is 2.32. The summed E-state index contributed by atoms with van der Waals surface area (Å²) in [7, 11) is 0. The summed E-state index contributed by atoms with van der Waals surface area (Å²) in [5.41, 5.74) is 0.